The van der Waals surface area contributed by atoms with Crippen molar-refractivity contribution in [1.29, 1.82) is 0 Å². The zero-order chi connectivity index (χ0) is 17.4. The second-order valence-corrected chi connectivity index (χ2v) is 8.49. The van der Waals surface area contributed by atoms with Crippen LogP contribution in [0.1, 0.15) is 103 Å². The van der Waals surface area contributed by atoms with E-state index in [0.29, 0.717) is 0 Å². The van der Waals surface area contributed by atoms with Crippen molar-refractivity contribution in [2.24, 2.45) is 0 Å². The van der Waals surface area contributed by atoms with Crippen LogP contribution in [0.2, 0.25) is 0 Å². The molecule has 0 aromatic carbocycles. The molecule has 0 radical (unpaired) electrons. The molecular formula is C21H47NO2. The van der Waals surface area contributed by atoms with Crippen LogP contribution in [0, 0.1) is 0 Å². The molecule has 0 fully saturated rings. The van der Waals surface area contributed by atoms with Crippen molar-refractivity contribution in [3.05, 3.63) is 0 Å². The number of rotatable bonds is 17. The minimum atomic E-state index is -0.0342. The quantitative estimate of drug-likeness (QED) is 0.269. The molecule has 2 N–H and O–H groups in total. The normalized spacial score (nSPS) is 12.9. The number of aliphatic hydroxyl groups is 1. The molecule has 1 unspecified atom stereocenters. The summed E-state index contributed by atoms with van der Waals surface area (Å²) in [5.41, 5.74) is 0. The summed E-state index contributed by atoms with van der Waals surface area (Å²) in [5.74, 6) is 0. The van der Waals surface area contributed by atoms with Crippen LogP contribution >= 0.6 is 0 Å². The molecule has 24 heavy (non-hydrogen) atoms. The molecule has 0 bridgehead atoms. The van der Waals surface area contributed by atoms with Crippen molar-refractivity contribution in [2.45, 2.75) is 109 Å². The Morgan fingerprint density at radius 2 is 1.00 bits per heavy atom. The van der Waals surface area contributed by atoms with Gasteiger partial charge in [-0.05, 0) is 25.7 Å². The average molecular weight is 346 g/mol. The molecule has 0 aliphatic rings. The summed E-state index contributed by atoms with van der Waals surface area (Å²) in [6.45, 7) is 3.54. The molecule has 0 spiro atoms. The first-order chi connectivity index (χ1) is 11.0. The van der Waals surface area contributed by atoms with Crippen molar-refractivity contribution >= 4 is 0 Å². The maximum Gasteiger partial charge on any atom is 0.0780 e. The summed E-state index contributed by atoms with van der Waals surface area (Å²) in [6.07, 6.45) is 19.4. The molecule has 0 aromatic heterocycles. The third-order valence-electron chi connectivity index (χ3n) is 4.76. The Balaban J connectivity index is 0. The molecule has 148 valence electrons. The Bertz CT molecular complexity index is 238. The monoisotopic (exact) mass is 345 g/mol. The minimum Gasteiger partial charge on any atom is -0.870 e. The summed E-state index contributed by atoms with van der Waals surface area (Å²) in [4.78, 5) is 0. The van der Waals surface area contributed by atoms with Crippen molar-refractivity contribution < 1.29 is 15.1 Å². The summed E-state index contributed by atoms with van der Waals surface area (Å²) in [6, 6.07) is 0. The first-order valence-electron chi connectivity index (χ1n) is 10.4. The van der Waals surface area contributed by atoms with Crippen LogP contribution in [-0.2, 0) is 0 Å². The van der Waals surface area contributed by atoms with Crippen LogP contribution in [0.4, 0.5) is 0 Å². The van der Waals surface area contributed by atoms with Crippen LogP contribution in [0.15, 0.2) is 0 Å². The molecule has 0 saturated heterocycles. The topological polar surface area (TPSA) is 50.2 Å². The van der Waals surface area contributed by atoms with E-state index in [1.54, 1.807) is 0 Å². The average Bonchev–Trinajstić information content (AvgIpc) is 2.48. The number of quaternary nitrogens is 1. The van der Waals surface area contributed by atoms with E-state index in [2.05, 4.69) is 28.1 Å². The van der Waals surface area contributed by atoms with Gasteiger partial charge >= 0.3 is 0 Å². The fraction of sp³-hybridized carbons (Fsp3) is 1.00. The van der Waals surface area contributed by atoms with Gasteiger partial charge in [-0.1, -0.05) is 77.6 Å². The van der Waals surface area contributed by atoms with E-state index in [1.807, 2.05) is 0 Å². The van der Waals surface area contributed by atoms with Gasteiger partial charge in [-0.2, -0.15) is 0 Å². The Kier molecular flexibility index (Phi) is 19.3. The molecule has 0 heterocycles. The molecule has 0 aliphatic heterocycles. The van der Waals surface area contributed by atoms with Crippen molar-refractivity contribution in [3.8, 4) is 0 Å². The summed E-state index contributed by atoms with van der Waals surface area (Å²) in [5, 5.41) is 9.93. The zero-order valence-corrected chi connectivity index (χ0v) is 17.2. The van der Waals surface area contributed by atoms with Gasteiger partial charge in [0.15, 0.2) is 0 Å². The summed E-state index contributed by atoms with van der Waals surface area (Å²) >= 11 is 0. The maximum atomic E-state index is 9.93. The Labute approximate surface area is 152 Å². The SMILES string of the molecule is CCCCCCC(O)CCCCCCCCCCC[N+](C)(C)C.[OH-]. The van der Waals surface area contributed by atoms with Crippen molar-refractivity contribution in [2.75, 3.05) is 27.7 Å². The summed E-state index contributed by atoms with van der Waals surface area (Å²) < 4.78 is 1.10. The zero-order valence-electron chi connectivity index (χ0n) is 17.2. The van der Waals surface area contributed by atoms with Gasteiger partial charge in [-0.15, -0.1) is 0 Å². The fourth-order valence-corrected chi connectivity index (χ4v) is 3.15. The van der Waals surface area contributed by atoms with Gasteiger partial charge in [0, 0.05) is 0 Å². The first-order valence-corrected chi connectivity index (χ1v) is 10.4. The van der Waals surface area contributed by atoms with Crippen LogP contribution in [0.25, 0.3) is 0 Å². The second kappa shape index (κ2) is 17.7. The molecule has 0 saturated carbocycles. The predicted octanol–water partition coefficient (Wildman–Crippen LogP) is 5.75. The summed E-state index contributed by atoms with van der Waals surface area (Å²) in [7, 11) is 6.84. The number of nitrogens with zero attached hydrogens (tertiary/aromatic N) is 1. The van der Waals surface area contributed by atoms with Crippen LogP contribution in [-0.4, -0.2) is 48.9 Å². The highest BCUT2D eigenvalue weighted by Crippen LogP contribution is 2.14. The molecule has 0 aromatic rings. The van der Waals surface area contributed by atoms with E-state index < -0.39 is 0 Å². The van der Waals surface area contributed by atoms with Gasteiger partial charge in [0.05, 0.1) is 33.8 Å². The number of unbranched alkanes of at least 4 members (excludes halogenated alkanes) is 11. The Hall–Kier alpha value is -0.120. The Morgan fingerprint density at radius 3 is 1.42 bits per heavy atom. The lowest BCUT2D eigenvalue weighted by molar-refractivity contribution is -0.870. The van der Waals surface area contributed by atoms with Crippen molar-refractivity contribution in [1.82, 2.24) is 0 Å². The number of hydrogen-bond donors (Lipinski definition) is 1. The van der Waals surface area contributed by atoms with Crippen LogP contribution in [0.3, 0.4) is 0 Å². The molecule has 3 nitrogen and oxygen atoms in total. The maximum absolute atomic E-state index is 9.93. The highest BCUT2D eigenvalue weighted by Gasteiger charge is 2.05. The van der Waals surface area contributed by atoms with E-state index >= 15 is 0 Å². The van der Waals surface area contributed by atoms with Gasteiger partial charge in [0.2, 0.25) is 0 Å². The van der Waals surface area contributed by atoms with E-state index in [4.69, 9.17) is 0 Å². The standard InChI is InChI=1S/C21H46NO.H2O/c1-5-6-7-15-18-21(23)19-16-13-11-9-8-10-12-14-17-20-22(2,3)4;/h21,23H,5-20H2,1-4H3;1H2/q+1;/p-1. The molecule has 0 rings (SSSR count). The largest absolute Gasteiger partial charge is 0.870 e. The van der Waals surface area contributed by atoms with Gasteiger partial charge in [-0.25, -0.2) is 0 Å². The van der Waals surface area contributed by atoms with Gasteiger partial charge in [0.1, 0.15) is 0 Å². The fourth-order valence-electron chi connectivity index (χ4n) is 3.15. The first kappa shape index (κ1) is 26.1. The molecule has 0 aliphatic carbocycles. The third-order valence-corrected chi connectivity index (χ3v) is 4.76. The van der Waals surface area contributed by atoms with Crippen molar-refractivity contribution in [3.63, 3.8) is 0 Å². The molecule has 1 atom stereocenters. The van der Waals surface area contributed by atoms with Crippen LogP contribution < -0.4 is 0 Å². The highest BCUT2D eigenvalue weighted by atomic mass is 16.3. The van der Waals surface area contributed by atoms with Gasteiger partial charge in [0.25, 0.3) is 0 Å². The molecule has 3 heteroatoms. The second-order valence-electron chi connectivity index (χ2n) is 8.49. The smallest absolute Gasteiger partial charge is 0.0780 e. The third kappa shape index (κ3) is 21.9. The van der Waals surface area contributed by atoms with Gasteiger partial charge in [-0.3, -0.25) is 0 Å². The predicted molar refractivity (Wildman–Crippen MR) is 106 cm³/mol. The molecule has 0 amide bonds. The highest BCUT2D eigenvalue weighted by molar-refractivity contribution is 4.57. The Morgan fingerprint density at radius 1 is 0.625 bits per heavy atom. The lowest BCUT2D eigenvalue weighted by Crippen LogP contribution is -2.35. The lowest BCUT2D eigenvalue weighted by atomic mass is 10.0. The van der Waals surface area contributed by atoms with E-state index in [-0.39, 0.29) is 11.6 Å². The van der Waals surface area contributed by atoms with E-state index in [0.717, 1.165) is 17.3 Å². The van der Waals surface area contributed by atoms with Crippen LogP contribution in [0.5, 0.6) is 0 Å². The number of hydrogen-bond acceptors (Lipinski definition) is 2. The minimum absolute atomic E-state index is 0. The van der Waals surface area contributed by atoms with Gasteiger partial charge < -0.3 is 15.1 Å². The lowest BCUT2D eigenvalue weighted by Gasteiger charge is -2.23. The molecular weight excluding hydrogens is 298 g/mol. The van der Waals surface area contributed by atoms with E-state index in [1.165, 1.54) is 90.0 Å². The van der Waals surface area contributed by atoms with E-state index in [9.17, 15) is 5.11 Å². The number of aliphatic hydroxyl groups excluding tert-OH is 1.